The van der Waals surface area contributed by atoms with Crippen molar-refractivity contribution in [2.24, 2.45) is 5.92 Å². The van der Waals surface area contributed by atoms with E-state index in [1.807, 2.05) is 38.1 Å². The Morgan fingerprint density at radius 3 is 2.41 bits per heavy atom. The number of aliphatic hydroxyl groups is 1. The zero-order chi connectivity index (χ0) is 33.4. The summed E-state index contributed by atoms with van der Waals surface area (Å²) in [5.41, 5.74) is 1.58. The van der Waals surface area contributed by atoms with Crippen molar-refractivity contribution < 1.29 is 33.9 Å². The standard InChI is InChI=1S/C34H49N5O7/c1-5-21(2)30-34(45)38-18-12-11-16-28(38)33(44)35-25(14-7-6-8-17-29(41)22(3)40)31(42)36-26(32(43)37-30)19-23-20-39(46-4)27-15-10-9-13-24(23)27/h9-10,13,15,20-22,25-26,28,30,40H,5-8,11-12,14,16-19H2,1-4H3,(H,35,44)(H,36,42)(H,37,43)/t21?,22?,25-,26-,28-,30-/m1/s1. The van der Waals surface area contributed by atoms with Crippen LogP contribution < -0.4 is 20.8 Å². The topological polar surface area (TPSA) is 159 Å². The Morgan fingerprint density at radius 2 is 1.70 bits per heavy atom. The molecule has 4 N–H and O–H groups in total. The van der Waals surface area contributed by atoms with Crippen molar-refractivity contribution in [3.8, 4) is 0 Å². The molecule has 0 radical (unpaired) electrons. The Bertz CT molecular complexity index is 1410. The van der Waals surface area contributed by atoms with Crippen LogP contribution in [0.15, 0.2) is 30.5 Å². The van der Waals surface area contributed by atoms with Gasteiger partial charge in [0.05, 0.1) is 5.52 Å². The van der Waals surface area contributed by atoms with E-state index in [9.17, 15) is 29.1 Å². The largest absolute Gasteiger partial charge is 0.417 e. The van der Waals surface area contributed by atoms with E-state index < -0.39 is 42.1 Å². The number of hydrogen-bond donors (Lipinski definition) is 4. The van der Waals surface area contributed by atoms with Crippen LogP contribution in [0.4, 0.5) is 0 Å². The van der Waals surface area contributed by atoms with Gasteiger partial charge in [-0.15, -0.1) is 0 Å². The number of para-hydroxylation sites is 1. The lowest BCUT2D eigenvalue weighted by atomic mass is 9.93. The SMILES string of the molecule is CCC(C)[C@H]1NC(=O)[C@@H](Cc2cn(OC)c3ccccc23)NC(=O)[C@@H](CCCCCC(=O)C(C)O)NC(=O)[C@H]2CCCCN2C1=O. The molecule has 0 spiro atoms. The molecule has 2 fully saturated rings. The van der Waals surface area contributed by atoms with E-state index in [1.54, 1.807) is 22.9 Å². The smallest absolute Gasteiger partial charge is 0.246 e. The molecule has 12 nitrogen and oxygen atoms in total. The van der Waals surface area contributed by atoms with Crippen LogP contribution in [-0.4, -0.2) is 88.1 Å². The lowest BCUT2D eigenvalue weighted by Gasteiger charge is -2.39. The maximum atomic E-state index is 14.0. The third-order valence-corrected chi connectivity index (χ3v) is 9.39. The summed E-state index contributed by atoms with van der Waals surface area (Å²) in [6, 6.07) is 4.01. The highest BCUT2D eigenvalue weighted by atomic mass is 16.6. The maximum Gasteiger partial charge on any atom is 0.246 e. The molecule has 6 atom stereocenters. The highest BCUT2D eigenvalue weighted by Gasteiger charge is 2.41. The fraction of sp³-hybridized carbons (Fsp3) is 0.618. The normalized spacial score (nSPS) is 24.2. The molecule has 2 unspecified atom stereocenters. The van der Waals surface area contributed by atoms with Crippen molar-refractivity contribution in [2.45, 2.75) is 115 Å². The van der Waals surface area contributed by atoms with Gasteiger partial charge in [0.25, 0.3) is 0 Å². The van der Waals surface area contributed by atoms with E-state index in [-0.39, 0.29) is 42.8 Å². The molecule has 2 aliphatic rings. The average Bonchev–Trinajstić information content (AvgIpc) is 3.41. The fourth-order valence-corrected chi connectivity index (χ4v) is 6.39. The predicted molar refractivity (Wildman–Crippen MR) is 173 cm³/mol. The number of aromatic nitrogens is 1. The molecule has 1 aromatic heterocycles. The van der Waals surface area contributed by atoms with Gasteiger partial charge in [0.1, 0.15) is 37.4 Å². The van der Waals surface area contributed by atoms with Gasteiger partial charge in [0.2, 0.25) is 23.6 Å². The van der Waals surface area contributed by atoms with Gasteiger partial charge in [0.15, 0.2) is 5.78 Å². The highest BCUT2D eigenvalue weighted by Crippen LogP contribution is 2.24. The number of piperidine rings is 1. The van der Waals surface area contributed by atoms with Crippen LogP contribution in [0.1, 0.15) is 84.1 Å². The Morgan fingerprint density at radius 1 is 0.978 bits per heavy atom. The molecular weight excluding hydrogens is 590 g/mol. The van der Waals surface area contributed by atoms with Crippen molar-refractivity contribution >= 4 is 40.3 Å². The Labute approximate surface area is 270 Å². The minimum absolute atomic E-state index is 0.129. The molecule has 1 aromatic carbocycles. The summed E-state index contributed by atoms with van der Waals surface area (Å²) in [7, 11) is 1.55. The monoisotopic (exact) mass is 639 g/mol. The van der Waals surface area contributed by atoms with Crippen molar-refractivity contribution in [3.05, 3.63) is 36.0 Å². The molecule has 252 valence electrons. The summed E-state index contributed by atoms with van der Waals surface area (Å²) in [4.78, 5) is 74.6. The van der Waals surface area contributed by atoms with Gasteiger partial charge in [-0.1, -0.05) is 51.3 Å². The van der Waals surface area contributed by atoms with Gasteiger partial charge in [-0.3, -0.25) is 24.0 Å². The minimum atomic E-state index is -1.04. The molecule has 12 heteroatoms. The van der Waals surface area contributed by atoms with E-state index in [0.717, 1.165) is 29.3 Å². The maximum absolute atomic E-state index is 14.0. The average molecular weight is 640 g/mol. The molecule has 0 bridgehead atoms. The van der Waals surface area contributed by atoms with E-state index in [1.165, 1.54) is 6.92 Å². The van der Waals surface area contributed by atoms with Crippen LogP contribution in [0.25, 0.3) is 10.9 Å². The van der Waals surface area contributed by atoms with Gasteiger partial charge >= 0.3 is 0 Å². The van der Waals surface area contributed by atoms with Crippen molar-refractivity contribution in [3.63, 3.8) is 0 Å². The van der Waals surface area contributed by atoms with Crippen LogP contribution in [-0.2, 0) is 30.4 Å². The molecule has 0 saturated carbocycles. The molecule has 3 heterocycles. The van der Waals surface area contributed by atoms with Crippen LogP contribution in [0.2, 0.25) is 0 Å². The molecular formula is C34H49N5O7. The number of hydrogen-bond acceptors (Lipinski definition) is 7. The molecule has 0 aliphatic carbocycles. The van der Waals surface area contributed by atoms with Gasteiger partial charge in [-0.25, -0.2) is 0 Å². The number of amides is 4. The Hall–Kier alpha value is -3.93. The first-order valence-electron chi connectivity index (χ1n) is 16.6. The third-order valence-electron chi connectivity index (χ3n) is 9.39. The summed E-state index contributed by atoms with van der Waals surface area (Å²) in [5, 5.41) is 19.1. The molecule has 2 aliphatic heterocycles. The molecule has 4 amide bonds. The van der Waals surface area contributed by atoms with Crippen molar-refractivity contribution in [1.29, 1.82) is 0 Å². The highest BCUT2D eigenvalue weighted by molar-refractivity contribution is 5.98. The van der Waals surface area contributed by atoms with E-state index >= 15 is 0 Å². The zero-order valence-corrected chi connectivity index (χ0v) is 27.4. The van der Waals surface area contributed by atoms with Crippen molar-refractivity contribution in [2.75, 3.05) is 13.7 Å². The number of Topliss-reactive ketones (excluding diaryl/α,β-unsaturated/α-hetero) is 1. The van der Waals surface area contributed by atoms with Gasteiger partial charge < -0.3 is 30.8 Å². The summed E-state index contributed by atoms with van der Waals surface area (Å²) in [5.74, 6) is -2.07. The second kappa shape index (κ2) is 16.1. The second-order valence-corrected chi connectivity index (χ2v) is 12.7. The van der Waals surface area contributed by atoms with Crippen LogP contribution in [0, 0.1) is 5.92 Å². The van der Waals surface area contributed by atoms with Gasteiger partial charge in [-0.2, -0.15) is 4.73 Å². The number of unbranched alkanes of at least 4 members (excludes halogenated alkanes) is 2. The lowest BCUT2D eigenvalue weighted by molar-refractivity contribution is -0.147. The van der Waals surface area contributed by atoms with Gasteiger partial charge in [-0.05, 0) is 56.6 Å². The summed E-state index contributed by atoms with van der Waals surface area (Å²) in [6.45, 7) is 5.69. The van der Waals surface area contributed by atoms with E-state index in [2.05, 4.69) is 16.0 Å². The second-order valence-electron chi connectivity index (χ2n) is 12.7. The number of nitrogens with one attached hydrogen (secondary N) is 3. The molecule has 2 saturated heterocycles. The van der Waals surface area contributed by atoms with Crippen LogP contribution >= 0.6 is 0 Å². The number of ketones is 1. The Kier molecular flexibility index (Phi) is 12.2. The number of nitrogens with zero attached hydrogens (tertiary/aromatic N) is 2. The number of carbonyl (C=O) groups excluding carboxylic acids is 5. The minimum Gasteiger partial charge on any atom is -0.417 e. The molecule has 2 aromatic rings. The molecule has 46 heavy (non-hydrogen) atoms. The Balaban J connectivity index is 1.65. The number of carbonyl (C=O) groups is 5. The first-order chi connectivity index (χ1) is 22.0. The first kappa shape index (κ1) is 34.9. The number of fused-ring (bicyclic) bond motifs is 2. The fourth-order valence-electron chi connectivity index (χ4n) is 6.39. The number of benzene rings is 1. The summed E-state index contributed by atoms with van der Waals surface area (Å²) in [6.07, 6.45) is 5.73. The summed E-state index contributed by atoms with van der Waals surface area (Å²) >= 11 is 0. The summed E-state index contributed by atoms with van der Waals surface area (Å²) < 4.78 is 1.60. The first-order valence-corrected chi connectivity index (χ1v) is 16.6. The van der Waals surface area contributed by atoms with Crippen LogP contribution in [0.3, 0.4) is 0 Å². The predicted octanol–water partition coefficient (Wildman–Crippen LogP) is 2.04. The van der Waals surface area contributed by atoms with Crippen molar-refractivity contribution in [1.82, 2.24) is 25.6 Å². The quantitative estimate of drug-likeness (QED) is 0.259. The van der Waals surface area contributed by atoms with E-state index in [0.29, 0.717) is 38.6 Å². The molecule has 4 rings (SSSR count). The van der Waals surface area contributed by atoms with Crippen LogP contribution in [0.5, 0.6) is 0 Å². The lowest BCUT2D eigenvalue weighted by Crippen LogP contribution is -2.64. The van der Waals surface area contributed by atoms with Gasteiger partial charge in [0, 0.05) is 31.0 Å². The van der Waals surface area contributed by atoms with E-state index in [4.69, 9.17) is 4.84 Å². The number of rotatable bonds is 12. The number of aliphatic hydroxyl groups excluding tert-OH is 1. The third kappa shape index (κ3) is 8.26. The zero-order valence-electron chi connectivity index (χ0n) is 27.4.